The van der Waals surface area contributed by atoms with Gasteiger partial charge in [-0.2, -0.15) is 0 Å². The minimum absolute atomic E-state index is 0.00991. The molecule has 82 valence electrons. The van der Waals surface area contributed by atoms with Gasteiger partial charge in [-0.05, 0) is 12.1 Å². The third kappa shape index (κ3) is 2.81. The van der Waals surface area contributed by atoms with Crippen molar-refractivity contribution < 1.29 is 9.53 Å². The Bertz CT molecular complexity index is 304. The molecule has 0 saturated carbocycles. The molecular formula is C10H15N3O2. The molecule has 1 aliphatic rings. The van der Waals surface area contributed by atoms with Crippen molar-refractivity contribution in [3.05, 3.63) is 24.0 Å². The van der Waals surface area contributed by atoms with Gasteiger partial charge in [0.1, 0.15) is 6.04 Å². The van der Waals surface area contributed by atoms with Crippen LogP contribution in [0.3, 0.4) is 0 Å². The molecular weight excluding hydrogens is 194 g/mol. The highest BCUT2D eigenvalue weighted by molar-refractivity contribution is 5.81. The number of carbonyl (C=O) groups excluding carboxylic acids is 1. The minimum Gasteiger partial charge on any atom is -0.378 e. The normalized spacial score (nSPS) is 21.2. The molecule has 3 N–H and O–H groups in total. The van der Waals surface area contributed by atoms with Gasteiger partial charge in [-0.1, -0.05) is 0 Å². The zero-order chi connectivity index (χ0) is 10.5. The fraction of sp³-hybridized carbons (Fsp3) is 0.500. The van der Waals surface area contributed by atoms with Crippen LogP contribution in [0.5, 0.6) is 0 Å². The molecule has 0 aromatic carbocycles. The van der Waals surface area contributed by atoms with Crippen LogP contribution in [0.25, 0.3) is 0 Å². The molecule has 1 aromatic heterocycles. The van der Waals surface area contributed by atoms with E-state index in [2.05, 4.69) is 15.6 Å². The van der Waals surface area contributed by atoms with E-state index in [4.69, 9.17) is 4.74 Å². The van der Waals surface area contributed by atoms with E-state index in [0.29, 0.717) is 19.8 Å². The Morgan fingerprint density at radius 3 is 3.27 bits per heavy atom. The van der Waals surface area contributed by atoms with E-state index in [1.54, 1.807) is 0 Å². The van der Waals surface area contributed by atoms with Gasteiger partial charge in [0.2, 0.25) is 5.91 Å². The monoisotopic (exact) mass is 209 g/mol. The van der Waals surface area contributed by atoms with Gasteiger partial charge in [0.25, 0.3) is 0 Å². The maximum absolute atomic E-state index is 11.6. The lowest BCUT2D eigenvalue weighted by atomic mass is 10.2. The van der Waals surface area contributed by atoms with Crippen molar-refractivity contribution in [3.8, 4) is 0 Å². The molecule has 1 saturated heterocycles. The molecule has 1 aromatic rings. The molecule has 15 heavy (non-hydrogen) atoms. The molecule has 0 bridgehead atoms. The lowest BCUT2D eigenvalue weighted by Gasteiger charge is -2.22. The van der Waals surface area contributed by atoms with E-state index in [1.807, 2.05) is 18.3 Å². The maximum Gasteiger partial charge on any atom is 0.239 e. The predicted octanol–water partition coefficient (Wildman–Crippen LogP) is -0.381. The second kappa shape index (κ2) is 4.95. The maximum atomic E-state index is 11.6. The summed E-state index contributed by atoms with van der Waals surface area (Å²) in [7, 11) is 0. The second-order valence-corrected chi connectivity index (χ2v) is 3.49. The van der Waals surface area contributed by atoms with Crippen molar-refractivity contribution in [3.63, 3.8) is 0 Å². The molecule has 2 rings (SSSR count). The van der Waals surface area contributed by atoms with Crippen molar-refractivity contribution in [2.24, 2.45) is 0 Å². The number of ether oxygens (including phenoxy) is 1. The fourth-order valence-corrected chi connectivity index (χ4v) is 1.52. The molecule has 0 spiro atoms. The number of aromatic nitrogens is 1. The van der Waals surface area contributed by atoms with Crippen LogP contribution in [-0.4, -0.2) is 36.7 Å². The van der Waals surface area contributed by atoms with Gasteiger partial charge in [0, 0.05) is 18.4 Å². The number of rotatable bonds is 3. The topological polar surface area (TPSA) is 66.2 Å². The summed E-state index contributed by atoms with van der Waals surface area (Å²) in [6.07, 6.45) is 1.84. The van der Waals surface area contributed by atoms with E-state index < -0.39 is 0 Å². The van der Waals surface area contributed by atoms with Crippen LogP contribution in [0.1, 0.15) is 5.69 Å². The average Bonchev–Trinajstić information content (AvgIpc) is 2.80. The Kier molecular flexibility index (Phi) is 3.37. The highest BCUT2D eigenvalue weighted by Crippen LogP contribution is 1.96. The summed E-state index contributed by atoms with van der Waals surface area (Å²) < 4.78 is 5.21. The number of nitrogens with one attached hydrogen (secondary N) is 3. The Hall–Kier alpha value is -1.33. The van der Waals surface area contributed by atoms with E-state index in [-0.39, 0.29) is 11.9 Å². The first-order valence-electron chi connectivity index (χ1n) is 5.07. The van der Waals surface area contributed by atoms with Gasteiger partial charge in [-0.25, -0.2) is 0 Å². The smallest absolute Gasteiger partial charge is 0.239 e. The van der Waals surface area contributed by atoms with Crippen LogP contribution in [-0.2, 0) is 16.1 Å². The van der Waals surface area contributed by atoms with Gasteiger partial charge in [0.05, 0.1) is 19.8 Å². The zero-order valence-corrected chi connectivity index (χ0v) is 8.45. The highest BCUT2D eigenvalue weighted by Gasteiger charge is 2.20. The minimum atomic E-state index is -0.214. The van der Waals surface area contributed by atoms with Crippen molar-refractivity contribution in [2.45, 2.75) is 12.6 Å². The largest absolute Gasteiger partial charge is 0.378 e. The first kappa shape index (κ1) is 10.2. The Labute approximate surface area is 88.2 Å². The number of carbonyl (C=O) groups is 1. The van der Waals surface area contributed by atoms with Gasteiger partial charge in [-0.3, -0.25) is 4.79 Å². The van der Waals surface area contributed by atoms with Crippen LogP contribution in [0, 0.1) is 0 Å². The molecule has 0 aliphatic carbocycles. The predicted molar refractivity (Wildman–Crippen MR) is 55.2 cm³/mol. The summed E-state index contributed by atoms with van der Waals surface area (Å²) in [6, 6.07) is 3.63. The summed E-state index contributed by atoms with van der Waals surface area (Å²) >= 11 is 0. The van der Waals surface area contributed by atoms with Crippen molar-refractivity contribution >= 4 is 5.91 Å². The number of hydrogen-bond acceptors (Lipinski definition) is 3. The van der Waals surface area contributed by atoms with Gasteiger partial charge in [-0.15, -0.1) is 0 Å². The first-order valence-corrected chi connectivity index (χ1v) is 5.07. The second-order valence-electron chi connectivity index (χ2n) is 3.49. The van der Waals surface area contributed by atoms with Gasteiger partial charge < -0.3 is 20.4 Å². The Morgan fingerprint density at radius 1 is 1.67 bits per heavy atom. The van der Waals surface area contributed by atoms with Crippen LogP contribution in [0.4, 0.5) is 0 Å². The summed E-state index contributed by atoms with van der Waals surface area (Å²) in [5, 5.41) is 5.94. The number of amides is 1. The number of aromatic amines is 1. The fourth-order valence-electron chi connectivity index (χ4n) is 1.52. The first-order chi connectivity index (χ1) is 7.36. The van der Waals surface area contributed by atoms with E-state index in [1.165, 1.54) is 0 Å². The van der Waals surface area contributed by atoms with E-state index in [9.17, 15) is 4.79 Å². The lowest BCUT2D eigenvalue weighted by molar-refractivity contribution is -0.126. The third-order valence-electron chi connectivity index (χ3n) is 2.35. The molecule has 5 nitrogen and oxygen atoms in total. The Balaban J connectivity index is 1.76. The molecule has 1 amide bonds. The quantitative estimate of drug-likeness (QED) is 0.635. The van der Waals surface area contributed by atoms with Gasteiger partial charge in [0.15, 0.2) is 0 Å². The van der Waals surface area contributed by atoms with Crippen LogP contribution in [0.2, 0.25) is 0 Å². The summed E-state index contributed by atoms with van der Waals surface area (Å²) in [5.41, 5.74) is 1.00. The SMILES string of the molecule is O=C(NCc1ccc[nH]1)C1COCCN1. The molecule has 1 fully saturated rings. The van der Waals surface area contributed by atoms with Gasteiger partial charge >= 0.3 is 0 Å². The van der Waals surface area contributed by atoms with E-state index >= 15 is 0 Å². The van der Waals surface area contributed by atoms with Crippen LogP contribution < -0.4 is 10.6 Å². The molecule has 1 atom stereocenters. The number of H-pyrrole nitrogens is 1. The van der Waals surface area contributed by atoms with E-state index in [0.717, 1.165) is 12.2 Å². The zero-order valence-electron chi connectivity index (χ0n) is 8.45. The van der Waals surface area contributed by atoms with Crippen LogP contribution in [0.15, 0.2) is 18.3 Å². The highest BCUT2D eigenvalue weighted by atomic mass is 16.5. The molecule has 1 unspecified atom stereocenters. The molecule has 0 radical (unpaired) electrons. The average molecular weight is 209 g/mol. The summed E-state index contributed by atoms with van der Waals surface area (Å²) in [6.45, 7) is 2.40. The third-order valence-corrected chi connectivity index (χ3v) is 2.35. The number of hydrogen-bond donors (Lipinski definition) is 3. The van der Waals surface area contributed by atoms with Crippen molar-refractivity contribution in [1.29, 1.82) is 0 Å². The molecule has 2 heterocycles. The van der Waals surface area contributed by atoms with Crippen LogP contribution >= 0.6 is 0 Å². The molecule has 1 aliphatic heterocycles. The summed E-state index contributed by atoms with van der Waals surface area (Å²) in [4.78, 5) is 14.7. The van der Waals surface area contributed by atoms with Crippen molar-refractivity contribution in [2.75, 3.05) is 19.8 Å². The summed E-state index contributed by atoms with van der Waals surface area (Å²) in [5.74, 6) is -0.00991. The lowest BCUT2D eigenvalue weighted by Crippen LogP contribution is -2.51. The van der Waals surface area contributed by atoms with Crippen molar-refractivity contribution in [1.82, 2.24) is 15.6 Å². The number of morpholine rings is 1. The Morgan fingerprint density at radius 2 is 2.60 bits per heavy atom. The molecule has 5 heteroatoms. The standard InChI is InChI=1S/C10H15N3O2/c14-10(9-7-15-5-4-12-9)13-6-8-2-1-3-11-8/h1-3,9,11-12H,4-7H2,(H,13,14).